The molecular formula is C18H20N2O4. The molecule has 0 spiro atoms. The van der Waals surface area contributed by atoms with Gasteiger partial charge >= 0.3 is 5.97 Å². The van der Waals surface area contributed by atoms with Gasteiger partial charge in [0.15, 0.2) is 5.43 Å². The van der Waals surface area contributed by atoms with Gasteiger partial charge in [-0.05, 0) is 38.0 Å². The summed E-state index contributed by atoms with van der Waals surface area (Å²) in [6.45, 7) is 5.92. The van der Waals surface area contributed by atoms with E-state index in [1.54, 1.807) is 0 Å². The van der Waals surface area contributed by atoms with Crippen molar-refractivity contribution in [2.45, 2.75) is 26.8 Å². The topological polar surface area (TPSA) is 80.6 Å². The van der Waals surface area contributed by atoms with Crippen LogP contribution >= 0.6 is 0 Å². The lowest BCUT2D eigenvalue weighted by atomic mass is 9.95. The molecule has 0 saturated carbocycles. The molecule has 1 aromatic heterocycles. The molecule has 6 nitrogen and oxygen atoms in total. The molecular weight excluding hydrogens is 308 g/mol. The van der Waals surface area contributed by atoms with Gasteiger partial charge < -0.3 is 19.7 Å². The number of hydrogen-bond acceptors (Lipinski definition) is 4. The highest BCUT2D eigenvalue weighted by Gasteiger charge is 2.21. The number of hydrogen-bond donors (Lipinski definition) is 2. The lowest BCUT2D eigenvalue weighted by molar-refractivity contribution is 0.0694. The number of carboxylic acids is 1. The number of nitrogens with zero attached hydrogens (tertiary/aromatic N) is 1. The summed E-state index contributed by atoms with van der Waals surface area (Å²) in [5, 5.41) is 12.4. The van der Waals surface area contributed by atoms with Crippen LogP contribution in [0.15, 0.2) is 29.2 Å². The van der Waals surface area contributed by atoms with Crippen LogP contribution in [-0.2, 0) is 13.0 Å². The number of anilines is 1. The maximum atomic E-state index is 12.1. The van der Waals surface area contributed by atoms with Crippen LogP contribution in [0.1, 0.15) is 29.8 Å². The third kappa shape index (κ3) is 2.75. The number of nitrogens with one attached hydrogen (secondary N) is 1. The van der Waals surface area contributed by atoms with E-state index in [4.69, 9.17) is 9.84 Å². The molecule has 6 heteroatoms. The first-order valence-electron chi connectivity index (χ1n) is 8.06. The predicted octanol–water partition coefficient (Wildman–Crippen LogP) is 2.60. The second kappa shape index (κ2) is 6.39. The van der Waals surface area contributed by atoms with E-state index in [1.165, 1.54) is 12.3 Å². The van der Waals surface area contributed by atoms with Crippen molar-refractivity contribution in [3.8, 4) is 17.0 Å². The zero-order valence-corrected chi connectivity index (χ0v) is 13.8. The van der Waals surface area contributed by atoms with Crippen molar-refractivity contribution in [1.29, 1.82) is 0 Å². The third-order valence-corrected chi connectivity index (χ3v) is 4.13. The van der Waals surface area contributed by atoms with E-state index in [0.717, 1.165) is 41.2 Å². The summed E-state index contributed by atoms with van der Waals surface area (Å²) in [5.41, 5.74) is 3.04. The number of fused-ring (bicyclic) bond motifs is 3. The van der Waals surface area contributed by atoms with Crippen molar-refractivity contribution in [1.82, 2.24) is 4.57 Å². The molecule has 0 radical (unpaired) electrons. The number of aryl methyl sites for hydroxylation is 2. The second-order valence-corrected chi connectivity index (χ2v) is 5.65. The summed E-state index contributed by atoms with van der Waals surface area (Å²) in [5.74, 6) is -0.458. The summed E-state index contributed by atoms with van der Waals surface area (Å²) in [7, 11) is 0. The summed E-state index contributed by atoms with van der Waals surface area (Å²) in [6.07, 6.45) is 2.20. The van der Waals surface area contributed by atoms with Crippen LogP contribution in [0, 0.1) is 0 Å². The average molecular weight is 328 g/mol. The van der Waals surface area contributed by atoms with E-state index >= 15 is 0 Å². The van der Waals surface area contributed by atoms with Crippen molar-refractivity contribution < 1.29 is 14.6 Å². The zero-order valence-electron chi connectivity index (χ0n) is 13.8. The van der Waals surface area contributed by atoms with Crippen molar-refractivity contribution in [3.63, 3.8) is 0 Å². The van der Waals surface area contributed by atoms with Gasteiger partial charge in [-0.1, -0.05) is 0 Å². The molecule has 0 aliphatic carbocycles. The molecule has 0 saturated heterocycles. The highest BCUT2D eigenvalue weighted by atomic mass is 16.5. The first kappa shape index (κ1) is 16.1. The van der Waals surface area contributed by atoms with Crippen molar-refractivity contribution >= 4 is 11.7 Å². The molecule has 2 heterocycles. The fourth-order valence-corrected chi connectivity index (χ4v) is 3.07. The standard InChI is InChI=1S/C18H20N2O4/c1-3-19-14-7-11-5-6-20-10-13(18(22)23)16(21)9-15(20)12(11)8-17(14)24-4-2/h7-10,19H,3-6H2,1-2H3,(H,22,23). The Morgan fingerprint density at radius 3 is 2.79 bits per heavy atom. The Bertz CT molecular complexity index is 855. The van der Waals surface area contributed by atoms with E-state index in [0.29, 0.717) is 13.2 Å². The quantitative estimate of drug-likeness (QED) is 0.882. The number of rotatable bonds is 5. The fourth-order valence-electron chi connectivity index (χ4n) is 3.07. The largest absolute Gasteiger partial charge is 0.492 e. The second-order valence-electron chi connectivity index (χ2n) is 5.65. The number of carbonyl (C=O) groups is 1. The Kier molecular flexibility index (Phi) is 4.29. The van der Waals surface area contributed by atoms with Crippen LogP contribution in [0.25, 0.3) is 11.3 Å². The van der Waals surface area contributed by atoms with E-state index in [9.17, 15) is 9.59 Å². The maximum absolute atomic E-state index is 12.1. The summed E-state index contributed by atoms with van der Waals surface area (Å²) < 4.78 is 7.55. The van der Waals surface area contributed by atoms with E-state index in [2.05, 4.69) is 11.4 Å². The predicted molar refractivity (Wildman–Crippen MR) is 92.1 cm³/mol. The Morgan fingerprint density at radius 2 is 2.12 bits per heavy atom. The molecule has 3 rings (SSSR count). The molecule has 1 aromatic carbocycles. The normalized spacial score (nSPS) is 12.2. The number of pyridine rings is 1. The molecule has 2 N–H and O–H groups in total. The van der Waals surface area contributed by atoms with Gasteiger partial charge in [0.05, 0.1) is 18.0 Å². The summed E-state index contributed by atoms with van der Waals surface area (Å²) in [4.78, 5) is 23.3. The molecule has 0 fully saturated rings. The van der Waals surface area contributed by atoms with Crippen LogP contribution in [0.5, 0.6) is 5.75 Å². The van der Waals surface area contributed by atoms with Gasteiger partial charge in [0, 0.05) is 30.9 Å². The molecule has 1 aliphatic rings. The van der Waals surface area contributed by atoms with Crippen LogP contribution in [0.3, 0.4) is 0 Å². The first-order valence-corrected chi connectivity index (χ1v) is 8.06. The van der Waals surface area contributed by atoms with Gasteiger partial charge in [0.1, 0.15) is 11.3 Å². The van der Waals surface area contributed by atoms with Crippen molar-refractivity contribution in [3.05, 3.63) is 45.7 Å². The van der Waals surface area contributed by atoms with Gasteiger partial charge in [-0.15, -0.1) is 0 Å². The van der Waals surface area contributed by atoms with E-state index in [1.807, 2.05) is 24.5 Å². The monoisotopic (exact) mass is 328 g/mol. The Morgan fingerprint density at radius 1 is 1.33 bits per heavy atom. The molecule has 24 heavy (non-hydrogen) atoms. The molecule has 0 bridgehead atoms. The Labute approximate surface area is 139 Å². The highest BCUT2D eigenvalue weighted by Crippen LogP contribution is 2.37. The minimum Gasteiger partial charge on any atom is -0.492 e. The lowest BCUT2D eigenvalue weighted by Crippen LogP contribution is -2.22. The van der Waals surface area contributed by atoms with E-state index < -0.39 is 11.4 Å². The summed E-state index contributed by atoms with van der Waals surface area (Å²) >= 11 is 0. The Hall–Kier alpha value is -2.76. The fraction of sp³-hybridized carbons (Fsp3) is 0.333. The minimum atomic E-state index is -1.20. The minimum absolute atomic E-state index is 0.198. The van der Waals surface area contributed by atoms with Crippen LogP contribution < -0.4 is 15.5 Å². The van der Waals surface area contributed by atoms with Crippen LogP contribution in [-0.4, -0.2) is 28.8 Å². The van der Waals surface area contributed by atoms with Crippen LogP contribution in [0.4, 0.5) is 5.69 Å². The highest BCUT2D eigenvalue weighted by molar-refractivity contribution is 5.88. The van der Waals surface area contributed by atoms with Gasteiger partial charge in [-0.25, -0.2) is 4.79 Å². The average Bonchev–Trinajstić information content (AvgIpc) is 2.55. The molecule has 0 amide bonds. The smallest absolute Gasteiger partial charge is 0.341 e. The summed E-state index contributed by atoms with van der Waals surface area (Å²) in [6, 6.07) is 5.40. The zero-order chi connectivity index (χ0) is 17.3. The SMILES string of the molecule is CCNc1cc2c(cc1OCC)-c1cc(=O)c(C(=O)O)cn1CC2. The molecule has 1 aliphatic heterocycles. The molecule has 0 atom stereocenters. The van der Waals surface area contributed by atoms with E-state index in [-0.39, 0.29) is 5.56 Å². The number of carboxylic acid groups (broad SMARTS) is 1. The van der Waals surface area contributed by atoms with Gasteiger partial charge in [0.2, 0.25) is 0 Å². The molecule has 2 aromatic rings. The molecule has 0 unspecified atom stereocenters. The first-order chi connectivity index (χ1) is 11.5. The Balaban J connectivity index is 2.17. The number of aromatic nitrogens is 1. The lowest BCUT2D eigenvalue weighted by Gasteiger charge is -2.24. The van der Waals surface area contributed by atoms with Crippen LogP contribution in [0.2, 0.25) is 0 Å². The number of ether oxygens (including phenoxy) is 1. The number of aromatic carboxylic acids is 1. The van der Waals surface area contributed by atoms with Crippen molar-refractivity contribution in [2.75, 3.05) is 18.5 Å². The maximum Gasteiger partial charge on any atom is 0.341 e. The molecule has 126 valence electrons. The van der Waals surface area contributed by atoms with Gasteiger partial charge in [0.25, 0.3) is 0 Å². The third-order valence-electron chi connectivity index (χ3n) is 4.13. The van der Waals surface area contributed by atoms with Gasteiger partial charge in [-0.2, -0.15) is 0 Å². The van der Waals surface area contributed by atoms with Crippen molar-refractivity contribution in [2.24, 2.45) is 0 Å². The number of benzene rings is 1. The van der Waals surface area contributed by atoms with Gasteiger partial charge in [-0.3, -0.25) is 4.79 Å².